The summed E-state index contributed by atoms with van der Waals surface area (Å²) >= 11 is 0. The first-order chi connectivity index (χ1) is 51.0. The maximum Gasteiger partial charge on any atom is 0.410 e. The van der Waals surface area contributed by atoms with Gasteiger partial charge in [0.15, 0.2) is 0 Å². The Morgan fingerprint density at radius 1 is 0.385 bits per heavy atom. The Balaban J connectivity index is 0.000000321. The number of nitrogens with one attached hydrogen (secondary N) is 2. The van der Waals surface area contributed by atoms with Crippen LogP contribution in [0.4, 0.5) is 28.8 Å². The predicted molar refractivity (Wildman–Crippen MR) is 418 cm³/mol. The van der Waals surface area contributed by atoms with Crippen LogP contribution in [0.5, 0.6) is 0 Å². The van der Waals surface area contributed by atoms with Gasteiger partial charge in [0.25, 0.3) is 0 Å². The third kappa shape index (κ3) is 28.4. The number of piperazine rings is 2. The SMILES string of the molecule is CCCC[N+](CCCC)(CCCC)CCCCN1C(=O)N2C[C@H]1CC[C@H]2C(=O)NC1CC2CN(C(=O)OC(C)(C)C)CC(C1)N2C(=O)OC(C)(C)C.CCCC[N+](CCCC)(CCCC)CCCCN1C(=O)N2C[C@H]1CC[C@H]2C(=O)NC1CC2CN(C(=O)OC(C)(C)C)CC(C1)N2C(=O)OC(C)(C)C.O=S(=O)([O-])[O-]. The molecule has 8 saturated heterocycles. The van der Waals surface area contributed by atoms with Gasteiger partial charge in [-0.25, -0.2) is 28.8 Å². The summed E-state index contributed by atoms with van der Waals surface area (Å²) in [6.07, 6.45) is 22.6. The number of unbranched alkanes of at least 4 members (excludes halogenated alkanes) is 8. The molecule has 109 heavy (non-hydrogen) atoms. The Hall–Kier alpha value is -5.65. The number of hydrogen-bond donors (Lipinski definition) is 2. The van der Waals surface area contributed by atoms with Crippen molar-refractivity contribution < 1.29 is 83.8 Å². The van der Waals surface area contributed by atoms with Crippen molar-refractivity contribution in [3.63, 3.8) is 0 Å². The third-order valence-corrected chi connectivity index (χ3v) is 22.8. The molecule has 8 fully saturated rings. The summed E-state index contributed by atoms with van der Waals surface area (Å²) in [7, 11) is -5.17. The first-order valence-corrected chi connectivity index (χ1v) is 43.4. The second-order valence-electron chi connectivity index (χ2n) is 36.7. The fraction of sp³-hybridized carbons (Fsp3) is 0.900. The predicted octanol–water partition coefficient (Wildman–Crippen LogP) is 12.2. The lowest BCUT2D eigenvalue weighted by Crippen LogP contribution is -2.68. The summed E-state index contributed by atoms with van der Waals surface area (Å²) < 4.78 is 59.4. The van der Waals surface area contributed by atoms with Crippen molar-refractivity contribution in [2.75, 3.05) is 105 Å². The van der Waals surface area contributed by atoms with Crippen LogP contribution in [0.3, 0.4) is 0 Å². The molecule has 10 amide bonds. The maximum atomic E-state index is 13.9. The van der Waals surface area contributed by atoms with Gasteiger partial charge >= 0.3 is 36.4 Å². The summed E-state index contributed by atoms with van der Waals surface area (Å²) in [4.78, 5) is 123. The number of amides is 10. The van der Waals surface area contributed by atoms with E-state index in [1.165, 1.54) is 138 Å². The first-order valence-electron chi connectivity index (χ1n) is 42.1. The van der Waals surface area contributed by atoms with Gasteiger partial charge in [-0.15, -0.1) is 0 Å². The summed E-state index contributed by atoms with van der Waals surface area (Å²) in [6, 6.07) is -2.32. The molecular weight excluding hydrogens is 1420 g/mol. The lowest BCUT2D eigenvalue weighted by atomic mass is 9.87. The van der Waals surface area contributed by atoms with E-state index in [1.807, 2.05) is 92.9 Å². The summed E-state index contributed by atoms with van der Waals surface area (Å²) in [5, 5.41) is 6.56. The highest BCUT2D eigenvalue weighted by molar-refractivity contribution is 7.79. The molecule has 0 radical (unpaired) electrons. The Bertz CT molecular complexity index is 2800. The van der Waals surface area contributed by atoms with Gasteiger partial charge in [0, 0.05) is 74.8 Å². The highest BCUT2D eigenvalue weighted by atomic mass is 32.3. The molecule has 0 aromatic heterocycles. The average Bonchev–Trinajstić information content (AvgIpc) is 1.71. The van der Waals surface area contributed by atoms with Gasteiger partial charge in [-0.1, -0.05) is 80.1 Å². The summed E-state index contributed by atoms with van der Waals surface area (Å²) in [5.41, 5.74) is -2.57. The van der Waals surface area contributed by atoms with Crippen LogP contribution in [-0.2, 0) is 38.9 Å². The second-order valence-corrected chi connectivity index (χ2v) is 37.5. The number of ether oxygens (including phenoxy) is 4. The van der Waals surface area contributed by atoms with Gasteiger partial charge in [0.05, 0.1) is 88.6 Å². The largest absolute Gasteiger partial charge is 0.759 e. The van der Waals surface area contributed by atoms with E-state index in [1.54, 1.807) is 29.4 Å². The zero-order valence-electron chi connectivity index (χ0n) is 70.5. The maximum absolute atomic E-state index is 13.9. The molecule has 0 aliphatic carbocycles. The molecule has 0 aromatic rings. The van der Waals surface area contributed by atoms with E-state index in [0.29, 0.717) is 77.8 Å². The molecule has 28 nitrogen and oxygen atoms in total. The molecule has 8 aliphatic heterocycles. The molecule has 2 N–H and O–H groups in total. The van der Waals surface area contributed by atoms with Gasteiger partial charge < -0.3 is 77.1 Å². The van der Waals surface area contributed by atoms with Gasteiger partial charge in [0.1, 0.15) is 34.5 Å². The van der Waals surface area contributed by atoms with Gasteiger partial charge in [-0.05, 0) is 199 Å². The number of hydrogen-bond acceptors (Lipinski definition) is 16. The number of piperidine rings is 4. The van der Waals surface area contributed by atoms with Crippen molar-refractivity contribution in [1.29, 1.82) is 0 Å². The Morgan fingerprint density at radius 2 is 0.633 bits per heavy atom. The smallest absolute Gasteiger partial charge is 0.410 e. The molecule has 8 heterocycles. The normalized spacial score (nSPS) is 24.4. The molecule has 8 aliphatic rings. The molecule has 628 valence electrons. The molecule has 0 aromatic carbocycles. The first kappa shape index (κ1) is 92.2. The van der Waals surface area contributed by atoms with Crippen LogP contribution in [0.1, 0.15) is 279 Å². The van der Waals surface area contributed by atoms with E-state index in [0.717, 1.165) is 51.6 Å². The average molecular weight is 1560 g/mol. The van der Waals surface area contributed by atoms with Crippen LogP contribution < -0.4 is 10.6 Å². The Morgan fingerprint density at radius 3 is 0.881 bits per heavy atom. The number of carbonyl (C=O) groups excluding carboxylic acids is 8. The fourth-order valence-electron chi connectivity index (χ4n) is 17.7. The zero-order chi connectivity index (χ0) is 81.0. The van der Waals surface area contributed by atoms with Crippen LogP contribution in [0.2, 0.25) is 0 Å². The van der Waals surface area contributed by atoms with Gasteiger partial charge in [-0.3, -0.25) is 27.8 Å². The molecule has 4 unspecified atom stereocenters. The lowest BCUT2D eigenvalue weighted by Gasteiger charge is -2.51. The van der Waals surface area contributed by atoms with E-state index < -0.39 is 69.3 Å². The number of urea groups is 2. The number of rotatable bonds is 32. The minimum atomic E-state index is -5.17. The van der Waals surface area contributed by atoms with Gasteiger partial charge in [0.2, 0.25) is 11.8 Å². The molecule has 0 spiro atoms. The molecule has 29 heteroatoms. The van der Waals surface area contributed by atoms with Crippen molar-refractivity contribution in [3.05, 3.63) is 0 Å². The van der Waals surface area contributed by atoms with Crippen LogP contribution in [-0.4, -0.2) is 301 Å². The van der Waals surface area contributed by atoms with E-state index in [9.17, 15) is 38.4 Å². The molecular formula is C80H146N12O16S. The fourth-order valence-corrected chi connectivity index (χ4v) is 17.7. The molecule has 8 atom stereocenters. The minimum Gasteiger partial charge on any atom is -0.759 e. The minimum absolute atomic E-state index is 0.00373. The van der Waals surface area contributed by atoms with E-state index in [2.05, 4.69) is 52.2 Å². The summed E-state index contributed by atoms with van der Waals surface area (Å²) in [6.45, 7) is 49.7. The third-order valence-electron chi connectivity index (χ3n) is 22.8. The van der Waals surface area contributed by atoms with Crippen molar-refractivity contribution in [1.82, 2.24) is 49.8 Å². The number of quaternary nitrogens is 2. The molecule has 8 bridgehead atoms. The lowest BCUT2D eigenvalue weighted by molar-refractivity contribution is -0.929. The Kier molecular flexibility index (Phi) is 34.6. The van der Waals surface area contributed by atoms with Crippen molar-refractivity contribution in [3.8, 4) is 0 Å². The van der Waals surface area contributed by atoms with Crippen LogP contribution in [0, 0.1) is 0 Å². The second kappa shape index (κ2) is 40.9. The van der Waals surface area contributed by atoms with E-state index in [4.69, 9.17) is 36.5 Å². The standard InChI is InChI=1S/2C40H72N6O6.H2O4S/c2*1-10-13-21-46(22-14-11-2,23-15-12-3)24-17-16-20-43-31-18-19-34(44(29-31)36(43)48)35(47)41-30-25-32-27-42(37(49)51-39(4,5)6)28-33(26-30)45(32)38(50)52-40(7,8)9;1-5(2,3)4/h2*30-34H,10-29H2,1-9H3;(H2,1,2,3,4)/t2*30?,31-,32?,33?,34+;/m11./s1. The van der Waals surface area contributed by atoms with Crippen LogP contribution >= 0.6 is 0 Å². The number of likely N-dealkylation sites (tertiary alicyclic amines) is 2. The Labute approximate surface area is 655 Å². The molecule has 0 saturated carbocycles. The van der Waals surface area contributed by atoms with Crippen LogP contribution in [0.15, 0.2) is 0 Å². The highest BCUT2D eigenvalue weighted by Gasteiger charge is 2.53. The van der Waals surface area contributed by atoms with Crippen LogP contribution in [0.25, 0.3) is 0 Å². The van der Waals surface area contributed by atoms with E-state index in [-0.39, 0.29) is 72.2 Å². The summed E-state index contributed by atoms with van der Waals surface area (Å²) in [5.74, 6) is -0.229. The number of carbonyl (C=O) groups is 8. The zero-order valence-corrected chi connectivity index (χ0v) is 71.3. The quantitative estimate of drug-likeness (QED) is 0.0208. The van der Waals surface area contributed by atoms with Crippen molar-refractivity contribution >= 4 is 58.6 Å². The van der Waals surface area contributed by atoms with Gasteiger partial charge in [-0.2, -0.15) is 0 Å². The number of fused-ring (bicyclic) bond motifs is 8. The van der Waals surface area contributed by atoms with E-state index >= 15 is 0 Å². The number of nitrogens with zero attached hydrogens (tertiary/aromatic N) is 10. The van der Waals surface area contributed by atoms with Crippen molar-refractivity contribution in [2.45, 2.75) is 362 Å². The molecule has 8 rings (SSSR count). The van der Waals surface area contributed by atoms with Crippen molar-refractivity contribution in [2.24, 2.45) is 0 Å². The topological polar surface area (TPSA) is 304 Å². The highest BCUT2D eigenvalue weighted by Crippen LogP contribution is 2.37. The monoisotopic (exact) mass is 1560 g/mol.